The fourth-order valence-corrected chi connectivity index (χ4v) is 2.54. The second-order valence-corrected chi connectivity index (χ2v) is 5.27. The maximum Gasteiger partial charge on any atom is 0.416 e. The zero-order valence-corrected chi connectivity index (χ0v) is 11.7. The summed E-state index contributed by atoms with van der Waals surface area (Å²) in [4.78, 5) is 13.1. The van der Waals surface area contributed by atoms with Crippen molar-refractivity contribution < 1.29 is 23.1 Å². The molecular weight excluding hydrogens is 309 g/mol. The first kappa shape index (κ1) is 15.9. The molecule has 116 valence electrons. The van der Waals surface area contributed by atoms with E-state index in [1.54, 1.807) is 18.2 Å². The lowest BCUT2D eigenvalue weighted by molar-refractivity contribution is -0.216. The van der Waals surface area contributed by atoms with Gasteiger partial charge in [-0.1, -0.05) is 17.7 Å². The number of carbonyl (C=O) groups is 1. The second-order valence-electron chi connectivity index (χ2n) is 4.83. The van der Waals surface area contributed by atoms with Crippen LogP contribution >= 0.6 is 11.6 Å². The highest BCUT2D eigenvalue weighted by Gasteiger charge is 2.48. The highest BCUT2D eigenvalue weighted by atomic mass is 35.5. The van der Waals surface area contributed by atoms with Gasteiger partial charge in [-0.05, 0) is 31.0 Å². The lowest BCUT2D eigenvalue weighted by Gasteiger charge is -2.29. The maximum absolute atomic E-state index is 12.6. The largest absolute Gasteiger partial charge is 0.416 e. The Bertz CT molecular complexity index is 524. The second kappa shape index (κ2) is 6.11. The Labute approximate surface area is 124 Å². The normalized spacial score (nSPS) is 20.4. The smallest absolute Gasteiger partial charge is 0.382 e. The van der Waals surface area contributed by atoms with Gasteiger partial charge in [0, 0.05) is 17.3 Å². The fourth-order valence-electron chi connectivity index (χ4n) is 2.35. The predicted octanol–water partition coefficient (Wildman–Crippen LogP) is 3.26. The van der Waals surface area contributed by atoms with E-state index < -0.39 is 24.4 Å². The lowest BCUT2D eigenvalue weighted by Crippen LogP contribution is -2.50. The first-order chi connectivity index (χ1) is 9.79. The van der Waals surface area contributed by atoms with Gasteiger partial charge in [-0.2, -0.15) is 13.2 Å². The average Bonchev–Trinajstić information content (AvgIpc) is 2.85. The van der Waals surface area contributed by atoms with E-state index in [-0.39, 0.29) is 13.0 Å². The molecule has 8 heteroatoms. The number of halogens is 4. The van der Waals surface area contributed by atoms with E-state index in [9.17, 15) is 23.1 Å². The topological polar surface area (TPSA) is 52.6 Å². The van der Waals surface area contributed by atoms with Crippen LogP contribution in [-0.2, 0) is 0 Å². The Kier molecular flexibility index (Phi) is 4.63. The zero-order chi connectivity index (χ0) is 15.6. The van der Waals surface area contributed by atoms with Gasteiger partial charge in [0.05, 0.1) is 6.04 Å². The molecule has 1 aliphatic rings. The van der Waals surface area contributed by atoms with Crippen molar-refractivity contribution in [2.24, 2.45) is 0 Å². The maximum atomic E-state index is 12.6. The van der Waals surface area contributed by atoms with Gasteiger partial charge in [-0.15, -0.1) is 0 Å². The van der Waals surface area contributed by atoms with Crippen molar-refractivity contribution in [3.8, 4) is 0 Å². The van der Waals surface area contributed by atoms with E-state index in [0.29, 0.717) is 17.1 Å². The van der Waals surface area contributed by atoms with Crippen LogP contribution in [0.1, 0.15) is 12.8 Å². The molecule has 2 rings (SSSR count). The molecule has 0 radical (unpaired) electrons. The number of rotatable bonds is 2. The molecule has 0 aliphatic carbocycles. The highest BCUT2D eigenvalue weighted by molar-refractivity contribution is 6.30. The van der Waals surface area contributed by atoms with Crippen molar-refractivity contribution in [3.63, 3.8) is 0 Å². The number of carbonyl (C=O) groups excluding carboxylic acids is 1. The van der Waals surface area contributed by atoms with Crippen molar-refractivity contribution in [1.82, 2.24) is 4.90 Å². The van der Waals surface area contributed by atoms with Crippen LogP contribution in [0.25, 0.3) is 0 Å². The van der Waals surface area contributed by atoms with Gasteiger partial charge in [-0.3, -0.25) is 0 Å². The van der Waals surface area contributed by atoms with Crippen LogP contribution in [0, 0.1) is 0 Å². The zero-order valence-electron chi connectivity index (χ0n) is 10.9. The van der Waals surface area contributed by atoms with Gasteiger partial charge in [0.15, 0.2) is 6.10 Å². The number of urea groups is 1. The number of aliphatic hydroxyl groups excluding tert-OH is 1. The number of benzene rings is 1. The van der Waals surface area contributed by atoms with Crippen molar-refractivity contribution in [2.75, 3.05) is 11.9 Å². The minimum atomic E-state index is -4.75. The molecule has 1 fully saturated rings. The summed E-state index contributed by atoms with van der Waals surface area (Å²) in [5.41, 5.74) is 0.389. The van der Waals surface area contributed by atoms with Crippen LogP contribution in [0.3, 0.4) is 0 Å². The number of amides is 2. The van der Waals surface area contributed by atoms with Gasteiger partial charge >= 0.3 is 12.2 Å². The number of hydrogen-bond donors (Lipinski definition) is 2. The Morgan fingerprint density at radius 1 is 1.48 bits per heavy atom. The number of aliphatic hydroxyl groups is 1. The molecule has 1 heterocycles. The third-order valence-corrected chi connectivity index (χ3v) is 3.57. The van der Waals surface area contributed by atoms with Gasteiger partial charge in [0.2, 0.25) is 0 Å². The van der Waals surface area contributed by atoms with Crippen molar-refractivity contribution >= 4 is 23.3 Å². The van der Waals surface area contributed by atoms with E-state index in [1.165, 1.54) is 6.07 Å². The molecule has 0 bridgehead atoms. The van der Waals surface area contributed by atoms with E-state index in [1.807, 2.05) is 0 Å². The standard InChI is InChI=1S/C13H14ClF3N2O2/c14-8-3-1-4-9(7-8)18-12(21)19-6-2-5-10(19)11(20)13(15,16)17/h1,3-4,7,10-11,20H,2,5-6H2,(H,18,21)/t10-,11-/m0/s1. The fraction of sp³-hybridized carbons (Fsp3) is 0.462. The van der Waals surface area contributed by atoms with Crippen LogP contribution in [0.2, 0.25) is 5.02 Å². The van der Waals surface area contributed by atoms with Crippen molar-refractivity contribution in [3.05, 3.63) is 29.3 Å². The summed E-state index contributed by atoms with van der Waals surface area (Å²) in [6, 6.07) is 4.36. The molecule has 2 atom stereocenters. The molecule has 2 N–H and O–H groups in total. The Balaban J connectivity index is 2.07. The highest BCUT2D eigenvalue weighted by Crippen LogP contribution is 2.31. The minimum absolute atomic E-state index is 0.115. The Hall–Kier alpha value is -1.47. The molecule has 1 aromatic rings. The van der Waals surface area contributed by atoms with Gasteiger partial charge in [0.25, 0.3) is 0 Å². The molecule has 21 heavy (non-hydrogen) atoms. The predicted molar refractivity (Wildman–Crippen MR) is 72.3 cm³/mol. The van der Waals surface area contributed by atoms with Crippen molar-refractivity contribution in [1.29, 1.82) is 0 Å². The van der Waals surface area contributed by atoms with Gasteiger partial charge in [0.1, 0.15) is 0 Å². The lowest BCUT2D eigenvalue weighted by atomic mass is 10.1. The summed E-state index contributed by atoms with van der Waals surface area (Å²) in [5.74, 6) is 0. The quantitative estimate of drug-likeness (QED) is 0.878. The number of anilines is 1. The van der Waals surface area contributed by atoms with Gasteiger partial charge < -0.3 is 15.3 Å². The van der Waals surface area contributed by atoms with E-state index in [4.69, 9.17) is 11.6 Å². The average molecular weight is 323 g/mol. The summed E-state index contributed by atoms with van der Waals surface area (Å²) in [7, 11) is 0. The SMILES string of the molecule is O=C(Nc1cccc(Cl)c1)N1CCC[C@H]1[C@H](O)C(F)(F)F. The molecular formula is C13H14ClF3N2O2. The van der Waals surface area contributed by atoms with Gasteiger partial charge in [-0.25, -0.2) is 4.79 Å². The molecule has 0 unspecified atom stereocenters. The number of alkyl halides is 3. The Morgan fingerprint density at radius 3 is 2.81 bits per heavy atom. The third kappa shape index (κ3) is 3.79. The first-order valence-corrected chi connectivity index (χ1v) is 6.75. The van der Waals surface area contributed by atoms with Crippen LogP contribution in [0.15, 0.2) is 24.3 Å². The molecule has 0 aromatic heterocycles. The number of hydrogen-bond acceptors (Lipinski definition) is 2. The number of likely N-dealkylation sites (tertiary alicyclic amines) is 1. The van der Waals surface area contributed by atoms with Crippen LogP contribution in [0.4, 0.5) is 23.7 Å². The van der Waals surface area contributed by atoms with E-state index in [0.717, 1.165) is 4.90 Å². The number of nitrogens with one attached hydrogen (secondary N) is 1. The van der Waals surface area contributed by atoms with Crippen molar-refractivity contribution in [2.45, 2.75) is 31.2 Å². The minimum Gasteiger partial charge on any atom is -0.382 e. The monoisotopic (exact) mass is 322 g/mol. The molecule has 4 nitrogen and oxygen atoms in total. The van der Waals surface area contributed by atoms with Crippen LogP contribution in [-0.4, -0.2) is 40.9 Å². The molecule has 1 saturated heterocycles. The van der Waals surface area contributed by atoms with E-state index >= 15 is 0 Å². The summed E-state index contributed by atoms with van der Waals surface area (Å²) in [6.07, 6.45) is -6.75. The third-order valence-electron chi connectivity index (χ3n) is 3.34. The summed E-state index contributed by atoms with van der Waals surface area (Å²) < 4.78 is 37.8. The molecule has 1 aromatic carbocycles. The molecule has 2 amide bonds. The summed E-state index contributed by atoms with van der Waals surface area (Å²) in [5, 5.41) is 12.2. The molecule has 0 spiro atoms. The molecule has 1 aliphatic heterocycles. The summed E-state index contributed by atoms with van der Waals surface area (Å²) >= 11 is 5.77. The molecule has 0 saturated carbocycles. The van der Waals surface area contributed by atoms with Crippen LogP contribution in [0.5, 0.6) is 0 Å². The van der Waals surface area contributed by atoms with E-state index in [2.05, 4.69) is 5.32 Å². The Morgan fingerprint density at radius 2 is 2.19 bits per heavy atom. The first-order valence-electron chi connectivity index (χ1n) is 6.37. The van der Waals surface area contributed by atoms with Crippen LogP contribution < -0.4 is 5.32 Å². The number of nitrogens with zero attached hydrogens (tertiary/aromatic N) is 1. The summed E-state index contributed by atoms with van der Waals surface area (Å²) in [6.45, 7) is 0.171.